The Hall–Kier alpha value is -1.60. The van der Waals surface area contributed by atoms with Gasteiger partial charge in [0.2, 0.25) is 0 Å². The highest BCUT2D eigenvalue weighted by atomic mass is 32.2. The number of hydrogen-bond acceptors (Lipinski definition) is 6. The molecule has 0 bridgehead atoms. The van der Waals surface area contributed by atoms with Gasteiger partial charge in [0, 0.05) is 35.5 Å². The van der Waals surface area contributed by atoms with Gasteiger partial charge in [-0.3, -0.25) is 0 Å². The molecule has 4 rings (SSSR count). The van der Waals surface area contributed by atoms with E-state index in [0.29, 0.717) is 0 Å². The van der Waals surface area contributed by atoms with Gasteiger partial charge in [0.05, 0.1) is 0 Å². The zero-order valence-electron chi connectivity index (χ0n) is 10.8. The highest BCUT2D eigenvalue weighted by molar-refractivity contribution is 7.99. The van der Waals surface area contributed by atoms with Crippen LogP contribution < -0.4 is 4.90 Å². The molecule has 0 spiro atoms. The molecule has 0 N–H and O–H groups in total. The quantitative estimate of drug-likeness (QED) is 0.727. The fraction of sp³-hybridized carbons (Fsp3) is 0.308. The van der Waals surface area contributed by atoms with Crippen LogP contribution in [0.5, 0.6) is 0 Å². The molecular formula is C13H13N5S2. The van der Waals surface area contributed by atoms with Gasteiger partial charge in [-0.05, 0) is 23.6 Å². The van der Waals surface area contributed by atoms with Crippen molar-refractivity contribution >= 4 is 34.6 Å². The van der Waals surface area contributed by atoms with Crippen LogP contribution in [-0.4, -0.2) is 44.4 Å². The molecule has 3 aromatic rings. The van der Waals surface area contributed by atoms with Gasteiger partial charge in [0.15, 0.2) is 11.5 Å². The maximum Gasteiger partial charge on any atom is 0.186 e. The molecular weight excluding hydrogens is 290 g/mol. The Bertz CT molecular complexity index is 716. The molecule has 1 saturated heterocycles. The molecule has 3 aromatic heterocycles. The van der Waals surface area contributed by atoms with Crippen LogP contribution in [0.25, 0.3) is 17.0 Å². The van der Waals surface area contributed by atoms with Crippen molar-refractivity contribution in [1.82, 2.24) is 19.8 Å². The van der Waals surface area contributed by atoms with Gasteiger partial charge in [-0.1, -0.05) is 0 Å². The van der Waals surface area contributed by atoms with Crippen molar-refractivity contribution in [2.75, 3.05) is 29.5 Å². The van der Waals surface area contributed by atoms with E-state index in [4.69, 9.17) is 5.10 Å². The van der Waals surface area contributed by atoms with Crippen LogP contribution in [0, 0.1) is 0 Å². The Balaban J connectivity index is 1.79. The third-order valence-corrected chi connectivity index (χ3v) is 4.99. The fourth-order valence-corrected chi connectivity index (χ4v) is 3.85. The normalized spacial score (nSPS) is 15.9. The number of fused-ring (bicyclic) bond motifs is 1. The molecule has 7 heteroatoms. The fourth-order valence-electron chi connectivity index (χ4n) is 2.31. The molecule has 5 nitrogen and oxygen atoms in total. The van der Waals surface area contributed by atoms with Crippen molar-refractivity contribution in [1.29, 1.82) is 0 Å². The monoisotopic (exact) mass is 303 g/mol. The summed E-state index contributed by atoms with van der Waals surface area (Å²) in [7, 11) is 0. The summed E-state index contributed by atoms with van der Waals surface area (Å²) in [6.45, 7) is 2.11. The van der Waals surface area contributed by atoms with Crippen molar-refractivity contribution in [3.05, 3.63) is 29.0 Å². The van der Waals surface area contributed by atoms with Gasteiger partial charge in [0.25, 0.3) is 0 Å². The number of nitrogens with zero attached hydrogens (tertiary/aromatic N) is 5. The maximum atomic E-state index is 4.73. The van der Waals surface area contributed by atoms with Crippen molar-refractivity contribution in [2.45, 2.75) is 0 Å². The first-order valence-corrected chi connectivity index (χ1v) is 8.59. The van der Waals surface area contributed by atoms with E-state index in [2.05, 4.69) is 20.5 Å². The first-order valence-electron chi connectivity index (χ1n) is 6.49. The molecule has 1 fully saturated rings. The Labute approximate surface area is 124 Å². The van der Waals surface area contributed by atoms with Crippen molar-refractivity contribution in [3.63, 3.8) is 0 Å². The number of thioether (sulfide) groups is 1. The predicted molar refractivity (Wildman–Crippen MR) is 83.6 cm³/mol. The summed E-state index contributed by atoms with van der Waals surface area (Å²) in [6.07, 6.45) is 0. The van der Waals surface area contributed by atoms with E-state index in [1.807, 2.05) is 39.9 Å². The maximum absolute atomic E-state index is 4.73. The number of rotatable bonds is 2. The van der Waals surface area contributed by atoms with E-state index in [9.17, 15) is 0 Å². The Morgan fingerprint density at radius 2 is 1.95 bits per heavy atom. The Morgan fingerprint density at radius 3 is 2.75 bits per heavy atom. The van der Waals surface area contributed by atoms with E-state index in [1.54, 1.807) is 11.3 Å². The molecule has 4 heterocycles. The van der Waals surface area contributed by atoms with Crippen LogP contribution in [0.2, 0.25) is 0 Å². The summed E-state index contributed by atoms with van der Waals surface area (Å²) < 4.78 is 1.85. The topological polar surface area (TPSA) is 46.3 Å². The molecule has 0 atom stereocenters. The highest BCUT2D eigenvalue weighted by Gasteiger charge is 2.15. The predicted octanol–water partition coefficient (Wildman–Crippen LogP) is 2.41. The smallest absolute Gasteiger partial charge is 0.186 e. The summed E-state index contributed by atoms with van der Waals surface area (Å²) in [6, 6.07) is 6.08. The second-order valence-corrected chi connectivity index (χ2v) is 6.60. The summed E-state index contributed by atoms with van der Waals surface area (Å²) in [4.78, 5) is 2.33. The largest absolute Gasteiger partial charge is 0.354 e. The molecule has 0 unspecified atom stereocenters. The van der Waals surface area contributed by atoms with Crippen molar-refractivity contribution < 1.29 is 0 Å². The third-order valence-electron chi connectivity index (χ3n) is 3.36. The minimum absolute atomic E-state index is 0.793. The standard InChI is InChI=1S/C13H13N5S2/c1-2-12(17-4-7-19-8-5-17)16-18-11(1)14-15-13(18)10-3-6-20-9-10/h1-3,6,9H,4-5,7-8H2. The second kappa shape index (κ2) is 5.06. The molecule has 0 saturated carbocycles. The zero-order valence-corrected chi connectivity index (χ0v) is 12.4. The summed E-state index contributed by atoms with van der Waals surface area (Å²) in [5.74, 6) is 4.15. The Morgan fingerprint density at radius 1 is 1.05 bits per heavy atom. The van der Waals surface area contributed by atoms with E-state index in [-0.39, 0.29) is 0 Å². The van der Waals surface area contributed by atoms with Crippen LogP contribution >= 0.6 is 23.1 Å². The molecule has 0 radical (unpaired) electrons. The van der Waals surface area contributed by atoms with Gasteiger partial charge in [-0.2, -0.15) is 27.6 Å². The highest BCUT2D eigenvalue weighted by Crippen LogP contribution is 2.22. The molecule has 102 valence electrons. The number of aromatic nitrogens is 4. The lowest BCUT2D eigenvalue weighted by Crippen LogP contribution is -2.33. The van der Waals surface area contributed by atoms with Crippen molar-refractivity contribution in [3.8, 4) is 11.4 Å². The average molecular weight is 303 g/mol. The van der Waals surface area contributed by atoms with Crippen molar-refractivity contribution in [2.24, 2.45) is 0 Å². The molecule has 1 aliphatic heterocycles. The average Bonchev–Trinajstić information content (AvgIpc) is 3.16. The lowest BCUT2D eigenvalue weighted by atomic mass is 10.3. The first kappa shape index (κ1) is 12.2. The molecule has 0 amide bonds. The SMILES string of the molecule is c1cc(-c2nnc3ccc(N4CCSCC4)nn23)cs1. The lowest BCUT2D eigenvalue weighted by Gasteiger charge is -2.27. The molecule has 0 aromatic carbocycles. The van der Waals surface area contributed by atoms with Crippen LogP contribution in [0.1, 0.15) is 0 Å². The molecule has 1 aliphatic rings. The second-order valence-electron chi connectivity index (χ2n) is 4.60. The number of hydrogen-bond donors (Lipinski definition) is 0. The number of anilines is 1. The minimum Gasteiger partial charge on any atom is -0.354 e. The minimum atomic E-state index is 0.793. The van der Waals surface area contributed by atoms with Crippen LogP contribution in [0.15, 0.2) is 29.0 Å². The molecule has 20 heavy (non-hydrogen) atoms. The van der Waals surface area contributed by atoms with E-state index >= 15 is 0 Å². The summed E-state index contributed by atoms with van der Waals surface area (Å²) in [5.41, 5.74) is 1.86. The van der Waals surface area contributed by atoms with Gasteiger partial charge < -0.3 is 4.90 Å². The zero-order chi connectivity index (χ0) is 13.4. The first-order chi connectivity index (χ1) is 9.92. The van der Waals surface area contributed by atoms with Gasteiger partial charge in [0.1, 0.15) is 5.82 Å². The summed E-state index contributed by atoms with van der Waals surface area (Å²) >= 11 is 3.66. The van der Waals surface area contributed by atoms with E-state index in [0.717, 1.165) is 35.9 Å². The van der Waals surface area contributed by atoms with E-state index < -0.39 is 0 Å². The number of thiophene rings is 1. The van der Waals surface area contributed by atoms with Crippen LogP contribution in [0.4, 0.5) is 5.82 Å². The van der Waals surface area contributed by atoms with Gasteiger partial charge in [-0.25, -0.2) is 0 Å². The van der Waals surface area contributed by atoms with Crippen LogP contribution in [-0.2, 0) is 0 Å². The molecule has 0 aliphatic carbocycles. The lowest BCUT2D eigenvalue weighted by molar-refractivity contribution is 0.804. The van der Waals surface area contributed by atoms with Gasteiger partial charge >= 0.3 is 0 Å². The third kappa shape index (κ3) is 2.06. The van der Waals surface area contributed by atoms with Gasteiger partial charge in [-0.15, -0.1) is 15.3 Å². The van der Waals surface area contributed by atoms with E-state index in [1.165, 1.54) is 11.5 Å². The summed E-state index contributed by atoms with van der Waals surface area (Å²) in [5, 5.41) is 17.3. The van der Waals surface area contributed by atoms with Crippen LogP contribution in [0.3, 0.4) is 0 Å². The Kier molecular flexibility index (Phi) is 3.08.